The third kappa shape index (κ3) is 5.85. The molecule has 0 bridgehead atoms. The normalized spacial score (nSPS) is 17.7. The Bertz CT molecular complexity index is 1130. The molecular weight excluding hydrogens is 444 g/mol. The van der Waals surface area contributed by atoms with E-state index in [1.54, 1.807) is 24.3 Å². The molecule has 176 valence electrons. The number of carbonyl (C=O) groups is 3. The van der Waals surface area contributed by atoms with Crippen LogP contribution in [-0.2, 0) is 19.6 Å². The number of ether oxygens (including phenoxy) is 1. The lowest BCUT2D eigenvalue weighted by molar-refractivity contribution is -0.114. The number of amides is 1. The minimum atomic E-state index is -3.64. The number of nitrogens with one attached hydrogen (secondary N) is 1. The molecule has 1 aliphatic heterocycles. The van der Waals surface area contributed by atoms with Crippen LogP contribution < -0.4 is 5.32 Å². The SMILES string of the molecule is CC(=O)Nc1ccc(C(=O)[C@@H](C)OC(=O)c2ccc(S(=O)(=O)N3CCCC[C@H]3C)cc2)cc1. The van der Waals surface area contributed by atoms with Crippen LogP contribution in [0.15, 0.2) is 53.4 Å². The van der Waals surface area contributed by atoms with E-state index in [2.05, 4.69) is 5.32 Å². The lowest BCUT2D eigenvalue weighted by Gasteiger charge is -2.32. The molecule has 1 amide bonds. The Morgan fingerprint density at radius 1 is 1.00 bits per heavy atom. The fourth-order valence-electron chi connectivity index (χ4n) is 3.77. The molecule has 2 atom stereocenters. The van der Waals surface area contributed by atoms with Gasteiger partial charge in [-0.1, -0.05) is 6.42 Å². The highest BCUT2D eigenvalue weighted by Gasteiger charge is 2.31. The molecule has 1 saturated heterocycles. The van der Waals surface area contributed by atoms with Crippen LogP contribution >= 0.6 is 0 Å². The molecule has 0 spiro atoms. The number of ketones is 1. The number of anilines is 1. The number of piperidine rings is 1. The number of benzene rings is 2. The van der Waals surface area contributed by atoms with Crippen molar-refractivity contribution in [3.05, 3.63) is 59.7 Å². The molecule has 1 heterocycles. The van der Waals surface area contributed by atoms with Crippen LogP contribution in [0.1, 0.15) is 60.7 Å². The van der Waals surface area contributed by atoms with E-state index in [0.717, 1.165) is 19.3 Å². The fraction of sp³-hybridized carbons (Fsp3) is 0.375. The van der Waals surface area contributed by atoms with Gasteiger partial charge in [0.15, 0.2) is 6.10 Å². The van der Waals surface area contributed by atoms with Gasteiger partial charge in [-0.3, -0.25) is 9.59 Å². The van der Waals surface area contributed by atoms with E-state index in [4.69, 9.17) is 4.74 Å². The first-order chi connectivity index (χ1) is 15.6. The van der Waals surface area contributed by atoms with E-state index in [9.17, 15) is 22.8 Å². The maximum Gasteiger partial charge on any atom is 0.338 e. The first-order valence-electron chi connectivity index (χ1n) is 10.8. The zero-order valence-corrected chi connectivity index (χ0v) is 19.7. The van der Waals surface area contributed by atoms with Crippen LogP contribution in [-0.4, -0.2) is 49.1 Å². The third-order valence-electron chi connectivity index (χ3n) is 5.58. The molecule has 8 nitrogen and oxygen atoms in total. The fourth-order valence-corrected chi connectivity index (χ4v) is 5.46. The number of rotatable bonds is 7. The summed E-state index contributed by atoms with van der Waals surface area (Å²) in [6.07, 6.45) is 1.62. The number of hydrogen-bond acceptors (Lipinski definition) is 6. The van der Waals surface area contributed by atoms with Crippen LogP contribution in [0.5, 0.6) is 0 Å². The molecule has 1 aliphatic rings. The summed E-state index contributed by atoms with van der Waals surface area (Å²) in [6, 6.07) is 11.8. The Morgan fingerprint density at radius 3 is 2.18 bits per heavy atom. The second kappa shape index (κ2) is 10.3. The van der Waals surface area contributed by atoms with Crippen LogP contribution in [0.3, 0.4) is 0 Å². The zero-order chi connectivity index (χ0) is 24.2. The number of nitrogens with zero attached hydrogens (tertiary/aromatic N) is 1. The lowest BCUT2D eigenvalue weighted by atomic mass is 10.1. The molecule has 0 saturated carbocycles. The van der Waals surface area contributed by atoms with Gasteiger partial charge in [0.25, 0.3) is 0 Å². The van der Waals surface area contributed by atoms with Crippen molar-refractivity contribution in [2.24, 2.45) is 0 Å². The van der Waals surface area contributed by atoms with Crippen LogP contribution in [0.2, 0.25) is 0 Å². The first kappa shape index (κ1) is 24.6. The summed E-state index contributed by atoms with van der Waals surface area (Å²) in [5.74, 6) is -1.34. The molecule has 1 N–H and O–H groups in total. The lowest BCUT2D eigenvalue weighted by Crippen LogP contribution is -2.41. The minimum Gasteiger partial charge on any atom is -0.451 e. The number of hydrogen-bond donors (Lipinski definition) is 1. The number of Topliss-reactive ketones (excluding diaryl/α,β-unsaturated/α-hetero) is 1. The van der Waals surface area contributed by atoms with Crippen molar-refractivity contribution in [1.82, 2.24) is 4.31 Å². The minimum absolute atomic E-state index is 0.0624. The monoisotopic (exact) mass is 472 g/mol. The van der Waals surface area contributed by atoms with Gasteiger partial charge >= 0.3 is 5.97 Å². The standard InChI is InChI=1S/C24H28N2O6S/c1-16-6-4-5-15-26(16)33(30,31)22-13-9-20(10-14-22)24(29)32-17(2)23(28)19-7-11-21(12-8-19)25-18(3)27/h7-14,16-17H,4-6,15H2,1-3H3,(H,25,27)/t16-,17-/m1/s1. The van der Waals surface area contributed by atoms with Gasteiger partial charge in [0.05, 0.1) is 10.5 Å². The molecular formula is C24H28N2O6S. The highest BCUT2D eigenvalue weighted by atomic mass is 32.2. The predicted molar refractivity (Wildman–Crippen MR) is 124 cm³/mol. The maximum absolute atomic E-state index is 12.9. The van der Waals surface area contributed by atoms with Crippen LogP contribution in [0.4, 0.5) is 5.69 Å². The topological polar surface area (TPSA) is 110 Å². The average Bonchev–Trinajstić information content (AvgIpc) is 2.79. The van der Waals surface area contributed by atoms with Crippen molar-refractivity contribution in [1.29, 1.82) is 0 Å². The number of esters is 1. The van der Waals surface area contributed by atoms with Gasteiger partial charge in [0.2, 0.25) is 21.7 Å². The Labute approximate surface area is 194 Å². The zero-order valence-electron chi connectivity index (χ0n) is 18.9. The molecule has 2 aromatic carbocycles. The van der Waals surface area contributed by atoms with Crippen molar-refractivity contribution < 1.29 is 27.5 Å². The summed E-state index contributed by atoms with van der Waals surface area (Å²) in [6.45, 7) is 5.24. The van der Waals surface area contributed by atoms with Crippen molar-refractivity contribution >= 4 is 33.4 Å². The molecule has 0 radical (unpaired) electrons. The third-order valence-corrected chi connectivity index (χ3v) is 7.61. The molecule has 33 heavy (non-hydrogen) atoms. The predicted octanol–water partition coefficient (Wildman–Crippen LogP) is 3.64. The number of sulfonamides is 1. The Balaban J connectivity index is 1.65. The summed E-state index contributed by atoms with van der Waals surface area (Å²) >= 11 is 0. The molecule has 3 rings (SSSR count). The van der Waals surface area contributed by atoms with Crippen LogP contribution in [0, 0.1) is 0 Å². The summed E-state index contributed by atoms with van der Waals surface area (Å²) in [4.78, 5) is 36.3. The molecule has 2 aromatic rings. The Kier molecular flexibility index (Phi) is 7.65. The van der Waals surface area contributed by atoms with E-state index in [-0.39, 0.29) is 22.4 Å². The molecule has 0 aromatic heterocycles. The second-order valence-corrected chi connectivity index (χ2v) is 10.0. The van der Waals surface area contributed by atoms with E-state index in [1.807, 2.05) is 6.92 Å². The highest BCUT2D eigenvalue weighted by Crippen LogP contribution is 2.25. The second-order valence-electron chi connectivity index (χ2n) is 8.16. The van der Waals surface area contributed by atoms with Crippen molar-refractivity contribution in [3.8, 4) is 0 Å². The Morgan fingerprint density at radius 2 is 1.61 bits per heavy atom. The summed E-state index contributed by atoms with van der Waals surface area (Å²) in [5.41, 5.74) is 1.04. The van der Waals surface area contributed by atoms with E-state index in [1.165, 1.54) is 42.4 Å². The van der Waals surface area contributed by atoms with E-state index >= 15 is 0 Å². The molecule has 9 heteroatoms. The van der Waals surface area contributed by atoms with E-state index < -0.39 is 27.9 Å². The van der Waals surface area contributed by atoms with Crippen molar-refractivity contribution in [3.63, 3.8) is 0 Å². The van der Waals surface area contributed by atoms with Gasteiger partial charge in [-0.2, -0.15) is 4.31 Å². The first-order valence-corrected chi connectivity index (χ1v) is 12.3. The molecule has 0 unspecified atom stereocenters. The summed E-state index contributed by atoms with van der Waals surface area (Å²) < 4.78 is 32.6. The molecule has 0 aliphatic carbocycles. The highest BCUT2D eigenvalue weighted by molar-refractivity contribution is 7.89. The van der Waals surface area contributed by atoms with Crippen LogP contribution in [0.25, 0.3) is 0 Å². The Hall–Kier alpha value is -3.04. The average molecular weight is 473 g/mol. The van der Waals surface area contributed by atoms with Gasteiger partial charge in [-0.15, -0.1) is 0 Å². The van der Waals surface area contributed by atoms with Gasteiger partial charge < -0.3 is 10.1 Å². The van der Waals surface area contributed by atoms with Crippen molar-refractivity contribution in [2.75, 3.05) is 11.9 Å². The summed E-state index contributed by atoms with van der Waals surface area (Å²) in [5, 5.41) is 2.61. The van der Waals surface area contributed by atoms with Gasteiger partial charge in [-0.25, -0.2) is 13.2 Å². The van der Waals surface area contributed by atoms with Crippen molar-refractivity contribution in [2.45, 2.75) is 57.1 Å². The molecule has 1 fully saturated rings. The largest absolute Gasteiger partial charge is 0.451 e. The number of carbonyl (C=O) groups excluding carboxylic acids is 3. The quantitative estimate of drug-likeness (QED) is 0.487. The summed E-state index contributed by atoms with van der Waals surface area (Å²) in [7, 11) is -3.64. The van der Waals surface area contributed by atoms with Gasteiger partial charge in [0, 0.05) is 30.8 Å². The maximum atomic E-state index is 12.9. The van der Waals surface area contributed by atoms with Gasteiger partial charge in [-0.05, 0) is 75.2 Å². The van der Waals surface area contributed by atoms with E-state index in [0.29, 0.717) is 17.8 Å². The smallest absolute Gasteiger partial charge is 0.338 e. The van der Waals surface area contributed by atoms with Gasteiger partial charge in [0.1, 0.15) is 0 Å².